The number of aromatic hydroxyl groups is 2. The van der Waals surface area contributed by atoms with Crippen molar-refractivity contribution in [3.8, 4) is 34.4 Å². The maximum atomic E-state index is 12.3. The van der Waals surface area contributed by atoms with Crippen LogP contribution in [0.3, 0.4) is 0 Å². The average molecular weight is 851 g/mol. The molecule has 0 radical (unpaired) electrons. The molecule has 6 aromatic rings. The third-order valence-corrected chi connectivity index (χ3v) is 12.5. The molecule has 0 unspecified atom stereocenters. The first-order chi connectivity index (χ1) is 31.2. The molecular weight excluding hydrogens is 793 g/mol. The zero-order chi connectivity index (χ0) is 44.2. The molecule has 2 aliphatic heterocycles. The summed E-state index contributed by atoms with van der Waals surface area (Å²) in [5.74, 6) is 2.54. The molecule has 4 heterocycles. The molecule has 1 aliphatic carbocycles. The Balaban J connectivity index is 1.17. The summed E-state index contributed by atoms with van der Waals surface area (Å²) in [6.07, 6.45) is 29.1. The zero-order valence-corrected chi connectivity index (χ0v) is 37.3. The minimum atomic E-state index is 0.205. The van der Waals surface area contributed by atoms with Crippen LogP contribution in [0.15, 0.2) is 159 Å². The number of aromatic nitrogens is 2. The highest BCUT2D eigenvalue weighted by molar-refractivity contribution is 5.58. The van der Waals surface area contributed by atoms with Gasteiger partial charge < -0.3 is 29.5 Å². The number of fused-ring (bicyclic) bond motifs is 8. The Labute approximate surface area is 377 Å². The lowest BCUT2D eigenvalue weighted by Crippen LogP contribution is -2.30. The highest BCUT2D eigenvalue weighted by Gasteiger charge is 2.25. The van der Waals surface area contributed by atoms with E-state index in [1.165, 1.54) is 11.1 Å². The number of allylic oxidation sites excluding steroid dienone is 4. The predicted molar refractivity (Wildman–Crippen MR) is 253 cm³/mol. The van der Waals surface area contributed by atoms with E-state index in [4.69, 9.17) is 9.47 Å². The van der Waals surface area contributed by atoms with Crippen molar-refractivity contribution in [2.45, 2.75) is 64.2 Å². The number of pyridine rings is 2. The average Bonchev–Trinajstić information content (AvgIpc) is 3.31. The number of benzene rings is 4. The molecule has 0 spiro atoms. The summed E-state index contributed by atoms with van der Waals surface area (Å²) in [4.78, 5) is 4.11. The number of phenolic OH excluding ortho intramolecular Hbond substituents is 2. The van der Waals surface area contributed by atoms with E-state index >= 15 is 0 Å². The van der Waals surface area contributed by atoms with E-state index in [1.54, 1.807) is 0 Å². The van der Waals surface area contributed by atoms with Crippen LogP contribution in [0.1, 0.15) is 94.2 Å². The SMILES string of the molecule is CCCOc1c2cc(-[n+]3ccc(C4C=CN(C)C=C4)cc3)cc1Cc1cccc(c1O)Cc1cc(-[n+]3ccc(C4C=CN(C)C=C4)cc3)cc(c1OCCC)Cc1cccc(c1O)C2. The maximum absolute atomic E-state index is 12.3. The third-order valence-electron chi connectivity index (χ3n) is 12.5. The highest BCUT2D eigenvalue weighted by Crippen LogP contribution is 2.39. The molecule has 4 aromatic carbocycles. The molecule has 8 bridgehead atoms. The van der Waals surface area contributed by atoms with Crippen LogP contribution in [0.25, 0.3) is 11.4 Å². The van der Waals surface area contributed by atoms with Gasteiger partial charge in [0.15, 0.2) is 24.8 Å². The standard InChI is InChI=1S/C56H56N4O4/c1-5-29-63-55-47-31-43-9-7-11-45(53(43)61)33-49-37-52(60-27-19-42(20-28-60)40-15-23-58(4)24-16-40)38-50(56(49)64-30-6-2)34-46-12-8-10-44(54(46)62)32-48(55)36-51(35-47)59-25-17-41(18-26-59)39-13-21-57(3)22-14-39/h7-28,35-40H,5-6,29-34H2,1-4H3/p+2. The van der Waals surface area contributed by atoms with Gasteiger partial charge in [0.25, 0.3) is 0 Å². The van der Waals surface area contributed by atoms with Gasteiger partial charge in [-0.1, -0.05) is 74.5 Å². The van der Waals surface area contributed by atoms with Gasteiger partial charge in [-0.2, -0.15) is 9.13 Å². The van der Waals surface area contributed by atoms with Crippen molar-refractivity contribution in [3.63, 3.8) is 0 Å². The Morgan fingerprint density at radius 2 is 0.797 bits per heavy atom. The lowest BCUT2D eigenvalue weighted by atomic mass is 9.90. The Kier molecular flexibility index (Phi) is 12.4. The Hall–Kier alpha value is -7.06. The molecule has 3 aliphatic rings. The van der Waals surface area contributed by atoms with Crippen molar-refractivity contribution in [1.29, 1.82) is 0 Å². The van der Waals surface area contributed by atoms with Crippen LogP contribution in [0, 0.1) is 0 Å². The first-order valence-corrected chi connectivity index (χ1v) is 22.6. The first-order valence-electron chi connectivity index (χ1n) is 22.6. The van der Waals surface area contributed by atoms with Crippen LogP contribution in [0.4, 0.5) is 0 Å². The minimum Gasteiger partial charge on any atom is -0.507 e. The predicted octanol–water partition coefficient (Wildman–Crippen LogP) is 10.0. The smallest absolute Gasteiger partial charge is 0.211 e. The van der Waals surface area contributed by atoms with Crippen LogP contribution < -0.4 is 18.6 Å². The number of phenols is 2. The monoisotopic (exact) mass is 850 g/mol. The molecule has 9 rings (SSSR count). The number of hydrogen-bond acceptors (Lipinski definition) is 6. The third kappa shape index (κ3) is 9.04. The second kappa shape index (κ2) is 18.7. The van der Waals surface area contributed by atoms with E-state index in [0.717, 1.165) is 80.2 Å². The summed E-state index contributed by atoms with van der Waals surface area (Å²) in [7, 11) is 4.07. The number of para-hydroxylation sites is 2. The van der Waals surface area contributed by atoms with E-state index in [1.807, 2.05) is 50.5 Å². The molecule has 64 heavy (non-hydrogen) atoms. The maximum Gasteiger partial charge on any atom is 0.211 e. The van der Waals surface area contributed by atoms with E-state index in [2.05, 4.69) is 155 Å². The van der Waals surface area contributed by atoms with Crippen molar-refractivity contribution in [3.05, 3.63) is 214 Å². The van der Waals surface area contributed by atoms with Crippen LogP contribution in [-0.2, 0) is 25.7 Å². The summed E-state index contributed by atoms with van der Waals surface area (Å²) in [6, 6.07) is 29.6. The lowest BCUT2D eigenvalue weighted by molar-refractivity contribution is -0.596. The van der Waals surface area contributed by atoms with Gasteiger partial charge in [0.05, 0.1) is 13.2 Å². The van der Waals surface area contributed by atoms with Gasteiger partial charge in [-0.25, -0.2) is 0 Å². The summed E-state index contributed by atoms with van der Waals surface area (Å²) in [6.45, 7) is 5.31. The van der Waals surface area contributed by atoms with Crippen LogP contribution >= 0.6 is 0 Å². The first kappa shape index (κ1) is 42.3. The Morgan fingerprint density at radius 3 is 1.09 bits per heavy atom. The fourth-order valence-electron chi connectivity index (χ4n) is 9.01. The minimum absolute atomic E-state index is 0.205. The molecule has 0 amide bonds. The van der Waals surface area contributed by atoms with Crippen molar-refractivity contribution < 1.29 is 28.8 Å². The molecule has 2 N–H and O–H groups in total. The zero-order valence-electron chi connectivity index (χ0n) is 37.3. The lowest BCUT2D eigenvalue weighted by Gasteiger charge is -2.21. The molecule has 324 valence electrons. The molecule has 0 saturated heterocycles. The highest BCUT2D eigenvalue weighted by atomic mass is 16.5. The van der Waals surface area contributed by atoms with Gasteiger partial charge in [0, 0.05) is 147 Å². The second-order valence-electron chi connectivity index (χ2n) is 17.3. The van der Waals surface area contributed by atoms with E-state index in [0.29, 0.717) is 38.9 Å². The fraction of sp³-hybridized carbons (Fsp3) is 0.250. The molecule has 2 aromatic heterocycles. The summed E-state index contributed by atoms with van der Waals surface area (Å²) >= 11 is 0. The van der Waals surface area contributed by atoms with Crippen LogP contribution in [0.2, 0.25) is 0 Å². The van der Waals surface area contributed by atoms with E-state index in [-0.39, 0.29) is 23.3 Å². The Bertz CT molecular complexity index is 2460. The van der Waals surface area contributed by atoms with E-state index < -0.39 is 0 Å². The van der Waals surface area contributed by atoms with Crippen LogP contribution in [-0.4, -0.2) is 47.3 Å². The van der Waals surface area contributed by atoms with Crippen molar-refractivity contribution in [1.82, 2.24) is 9.80 Å². The molecule has 0 fully saturated rings. The fourth-order valence-corrected chi connectivity index (χ4v) is 9.01. The quantitative estimate of drug-likeness (QED) is 0.134. The topological polar surface area (TPSA) is 73.2 Å². The molecule has 8 heteroatoms. The summed E-state index contributed by atoms with van der Waals surface area (Å²) < 4.78 is 17.6. The normalized spacial score (nSPS) is 14.9. The molecule has 0 atom stereocenters. The van der Waals surface area contributed by atoms with Gasteiger partial charge in [0.2, 0.25) is 11.4 Å². The van der Waals surface area contributed by atoms with Crippen molar-refractivity contribution in [2.24, 2.45) is 0 Å². The largest absolute Gasteiger partial charge is 0.507 e. The molecule has 8 nitrogen and oxygen atoms in total. The summed E-state index contributed by atoms with van der Waals surface area (Å²) in [5.41, 5.74) is 11.5. The Morgan fingerprint density at radius 1 is 0.484 bits per heavy atom. The second-order valence-corrected chi connectivity index (χ2v) is 17.3. The van der Waals surface area contributed by atoms with Crippen LogP contribution in [0.5, 0.6) is 23.0 Å². The number of hydrogen-bond donors (Lipinski definition) is 2. The van der Waals surface area contributed by atoms with Gasteiger partial charge in [0.1, 0.15) is 23.0 Å². The summed E-state index contributed by atoms with van der Waals surface area (Å²) in [5, 5.41) is 24.5. The number of nitrogens with zero attached hydrogens (tertiary/aromatic N) is 4. The molecule has 0 saturated carbocycles. The van der Waals surface area contributed by atoms with Gasteiger partial charge in [-0.15, -0.1) is 0 Å². The number of rotatable bonds is 10. The van der Waals surface area contributed by atoms with E-state index in [9.17, 15) is 10.2 Å². The van der Waals surface area contributed by atoms with Gasteiger partial charge in [-0.3, -0.25) is 0 Å². The van der Waals surface area contributed by atoms with Gasteiger partial charge in [-0.05, 0) is 46.2 Å². The van der Waals surface area contributed by atoms with Crippen molar-refractivity contribution in [2.75, 3.05) is 27.3 Å². The number of ether oxygens (including phenoxy) is 2. The van der Waals surface area contributed by atoms with Gasteiger partial charge >= 0.3 is 0 Å². The van der Waals surface area contributed by atoms with Crippen molar-refractivity contribution >= 4 is 0 Å². The molecular formula is C56H58N4O4+2.